The lowest BCUT2D eigenvalue weighted by Gasteiger charge is -2.13. The summed E-state index contributed by atoms with van der Waals surface area (Å²) in [5.74, 6) is 0. The highest BCUT2D eigenvalue weighted by Crippen LogP contribution is 2.32. The summed E-state index contributed by atoms with van der Waals surface area (Å²) in [6, 6.07) is 1.55. The fraction of sp³-hybridized carbons (Fsp3) is 0.727. The lowest BCUT2D eigenvalue weighted by Crippen LogP contribution is -2.18. The molecule has 0 bridgehead atoms. The van der Waals surface area contributed by atoms with Crippen molar-refractivity contribution in [3.05, 3.63) is 11.1 Å². The maximum atomic E-state index is 4.48. The molecular formula is C11H17N3S. The lowest BCUT2D eigenvalue weighted by atomic mass is 10.5. The van der Waals surface area contributed by atoms with Gasteiger partial charge in [-0.25, -0.2) is 4.98 Å². The van der Waals surface area contributed by atoms with E-state index in [9.17, 15) is 0 Å². The number of thiazole rings is 1. The first-order valence-corrected chi connectivity index (χ1v) is 6.55. The molecule has 1 N–H and O–H groups in total. The van der Waals surface area contributed by atoms with Crippen molar-refractivity contribution in [2.24, 2.45) is 0 Å². The van der Waals surface area contributed by atoms with Crippen LogP contribution in [-0.2, 0) is 6.54 Å². The minimum Gasteiger partial charge on any atom is -0.348 e. The Morgan fingerprint density at radius 3 is 2.93 bits per heavy atom. The topological polar surface area (TPSA) is 28.2 Å². The Morgan fingerprint density at radius 1 is 1.47 bits per heavy atom. The first-order chi connectivity index (χ1) is 7.33. The molecule has 4 heteroatoms. The molecule has 0 aromatic carbocycles. The van der Waals surface area contributed by atoms with E-state index in [0.29, 0.717) is 0 Å². The maximum absolute atomic E-state index is 4.48. The van der Waals surface area contributed by atoms with Gasteiger partial charge in [-0.05, 0) is 25.7 Å². The molecular weight excluding hydrogens is 206 g/mol. The van der Waals surface area contributed by atoms with Crippen molar-refractivity contribution in [2.45, 2.75) is 44.3 Å². The fourth-order valence-corrected chi connectivity index (χ4v) is 2.59. The van der Waals surface area contributed by atoms with Gasteiger partial charge in [-0.1, -0.05) is 0 Å². The number of hydrogen-bond acceptors (Lipinski definition) is 4. The third-order valence-electron chi connectivity index (χ3n) is 3.08. The summed E-state index contributed by atoms with van der Waals surface area (Å²) in [5.41, 5.74) is 0. The summed E-state index contributed by atoms with van der Waals surface area (Å²) >= 11 is 1.83. The number of anilines is 1. The third-order valence-corrected chi connectivity index (χ3v) is 4.17. The molecule has 15 heavy (non-hydrogen) atoms. The van der Waals surface area contributed by atoms with Crippen LogP contribution in [0.4, 0.5) is 5.13 Å². The van der Waals surface area contributed by atoms with E-state index in [2.05, 4.69) is 22.2 Å². The zero-order valence-electron chi connectivity index (χ0n) is 9.07. The SMILES string of the molecule is CN(c1ncc(CNC2CC2)s1)C1CC1. The number of rotatable bonds is 5. The first-order valence-electron chi connectivity index (χ1n) is 5.74. The van der Waals surface area contributed by atoms with Crippen molar-refractivity contribution in [3.63, 3.8) is 0 Å². The summed E-state index contributed by atoms with van der Waals surface area (Å²) in [4.78, 5) is 8.17. The molecule has 0 aliphatic heterocycles. The average Bonchev–Trinajstić information content (AvgIpc) is 3.13. The highest BCUT2D eigenvalue weighted by Gasteiger charge is 2.28. The molecule has 2 saturated carbocycles. The molecule has 1 heterocycles. The smallest absolute Gasteiger partial charge is 0.185 e. The van der Waals surface area contributed by atoms with Crippen LogP contribution in [0.5, 0.6) is 0 Å². The van der Waals surface area contributed by atoms with E-state index < -0.39 is 0 Å². The molecule has 3 rings (SSSR count). The third kappa shape index (κ3) is 2.32. The van der Waals surface area contributed by atoms with E-state index in [-0.39, 0.29) is 0 Å². The van der Waals surface area contributed by atoms with Gasteiger partial charge in [-0.15, -0.1) is 11.3 Å². The summed E-state index contributed by atoms with van der Waals surface area (Å²) < 4.78 is 0. The largest absolute Gasteiger partial charge is 0.348 e. The summed E-state index contributed by atoms with van der Waals surface area (Å²) in [5, 5.41) is 4.71. The predicted octanol–water partition coefficient (Wildman–Crippen LogP) is 1.99. The molecule has 1 aromatic heterocycles. The Bertz CT molecular complexity index is 341. The van der Waals surface area contributed by atoms with Crippen LogP contribution in [0.25, 0.3) is 0 Å². The summed E-state index contributed by atoms with van der Waals surface area (Å²) in [6.07, 6.45) is 7.41. The second-order valence-electron chi connectivity index (χ2n) is 4.61. The van der Waals surface area contributed by atoms with E-state index in [0.717, 1.165) is 18.6 Å². The molecule has 0 radical (unpaired) electrons. The molecule has 0 atom stereocenters. The van der Waals surface area contributed by atoms with E-state index in [1.165, 1.54) is 35.7 Å². The molecule has 3 nitrogen and oxygen atoms in total. The number of nitrogens with zero attached hydrogens (tertiary/aromatic N) is 2. The molecule has 0 spiro atoms. The molecule has 2 aliphatic carbocycles. The molecule has 2 aliphatic rings. The van der Waals surface area contributed by atoms with Crippen LogP contribution in [0, 0.1) is 0 Å². The van der Waals surface area contributed by atoms with Gasteiger partial charge in [0, 0.05) is 36.8 Å². The molecule has 0 amide bonds. The summed E-state index contributed by atoms with van der Waals surface area (Å²) in [7, 11) is 2.16. The Labute approximate surface area is 94.5 Å². The van der Waals surface area contributed by atoms with Crippen molar-refractivity contribution < 1.29 is 0 Å². The minimum atomic E-state index is 0.764. The van der Waals surface area contributed by atoms with E-state index in [4.69, 9.17) is 0 Å². The van der Waals surface area contributed by atoms with Gasteiger partial charge < -0.3 is 10.2 Å². The normalized spacial score (nSPS) is 20.6. The molecule has 0 unspecified atom stereocenters. The van der Waals surface area contributed by atoms with Crippen LogP contribution in [0.2, 0.25) is 0 Å². The zero-order chi connectivity index (χ0) is 10.3. The maximum Gasteiger partial charge on any atom is 0.185 e. The van der Waals surface area contributed by atoms with Crippen LogP contribution < -0.4 is 10.2 Å². The highest BCUT2D eigenvalue weighted by atomic mass is 32.1. The average molecular weight is 223 g/mol. The van der Waals surface area contributed by atoms with Gasteiger partial charge in [0.25, 0.3) is 0 Å². The zero-order valence-corrected chi connectivity index (χ0v) is 9.89. The Morgan fingerprint density at radius 2 is 2.27 bits per heavy atom. The number of aromatic nitrogens is 1. The van der Waals surface area contributed by atoms with Gasteiger partial charge in [-0.2, -0.15) is 0 Å². The van der Waals surface area contributed by atoms with Crippen LogP contribution in [-0.4, -0.2) is 24.1 Å². The molecule has 1 aromatic rings. The van der Waals surface area contributed by atoms with Gasteiger partial charge in [0.1, 0.15) is 0 Å². The lowest BCUT2D eigenvalue weighted by molar-refractivity contribution is 0.694. The van der Waals surface area contributed by atoms with Gasteiger partial charge in [0.2, 0.25) is 0 Å². The Kier molecular flexibility index (Phi) is 2.41. The van der Waals surface area contributed by atoms with Crippen molar-refractivity contribution in [1.29, 1.82) is 0 Å². The number of nitrogens with one attached hydrogen (secondary N) is 1. The van der Waals surface area contributed by atoms with Crippen molar-refractivity contribution in [2.75, 3.05) is 11.9 Å². The quantitative estimate of drug-likeness (QED) is 0.827. The van der Waals surface area contributed by atoms with Gasteiger partial charge >= 0.3 is 0 Å². The van der Waals surface area contributed by atoms with Crippen molar-refractivity contribution >= 4 is 16.5 Å². The van der Waals surface area contributed by atoms with Crippen LogP contribution >= 0.6 is 11.3 Å². The number of hydrogen-bond donors (Lipinski definition) is 1. The predicted molar refractivity (Wildman–Crippen MR) is 63.4 cm³/mol. The fourth-order valence-electron chi connectivity index (χ4n) is 1.69. The second kappa shape index (κ2) is 3.76. The van der Waals surface area contributed by atoms with Gasteiger partial charge in [0.05, 0.1) is 0 Å². The van der Waals surface area contributed by atoms with E-state index in [1.807, 2.05) is 17.5 Å². The van der Waals surface area contributed by atoms with E-state index >= 15 is 0 Å². The first kappa shape index (κ1) is 9.60. The van der Waals surface area contributed by atoms with E-state index in [1.54, 1.807) is 0 Å². The Hall–Kier alpha value is -0.610. The van der Waals surface area contributed by atoms with Gasteiger partial charge in [-0.3, -0.25) is 0 Å². The standard InChI is InChI=1S/C11H17N3S/c1-14(9-4-5-9)11-13-7-10(15-11)6-12-8-2-3-8/h7-9,12H,2-6H2,1H3. The van der Waals surface area contributed by atoms with Crippen molar-refractivity contribution in [1.82, 2.24) is 10.3 Å². The highest BCUT2D eigenvalue weighted by molar-refractivity contribution is 7.15. The van der Waals surface area contributed by atoms with Crippen LogP contribution in [0.15, 0.2) is 6.20 Å². The minimum absolute atomic E-state index is 0.764. The second-order valence-corrected chi connectivity index (χ2v) is 5.70. The molecule has 0 saturated heterocycles. The Balaban J connectivity index is 1.58. The molecule has 82 valence electrons. The molecule has 2 fully saturated rings. The van der Waals surface area contributed by atoms with Gasteiger partial charge in [0.15, 0.2) is 5.13 Å². The van der Waals surface area contributed by atoms with Crippen LogP contribution in [0.3, 0.4) is 0 Å². The van der Waals surface area contributed by atoms with Crippen molar-refractivity contribution in [3.8, 4) is 0 Å². The summed E-state index contributed by atoms with van der Waals surface area (Å²) in [6.45, 7) is 1.00. The van der Waals surface area contributed by atoms with Crippen LogP contribution in [0.1, 0.15) is 30.6 Å². The monoisotopic (exact) mass is 223 g/mol.